The maximum absolute atomic E-state index is 14.0. The molecule has 0 saturated heterocycles. The normalized spacial score (nSPS) is 10.9. The molecule has 0 saturated carbocycles. The van der Waals surface area contributed by atoms with Crippen LogP contribution in [0.1, 0.15) is 31.3 Å². The lowest BCUT2D eigenvalue weighted by Crippen LogP contribution is -2.23. The minimum absolute atomic E-state index is 0.0208. The SMILES string of the molecule is CNC(=O)c1[nH]cnc1C(=O)Nc1ccc(NC(=O)c2ccc(OC(F)(F)F)cc2F)cc1. The molecule has 1 aromatic heterocycles. The molecule has 3 aromatic rings. The molecular formula is C20H15F4N5O4. The van der Waals surface area contributed by atoms with Crippen molar-refractivity contribution < 1.29 is 36.7 Å². The third-order valence-corrected chi connectivity index (χ3v) is 4.13. The van der Waals surface area contributed by atoms with Crippen molar-refractivity contribution in [3.05, 3.63) is 71.6 Å². The lowest BCUT2D eigenvalue weighted by atomic mass is 10.2. The van der Waals surface area contributed by atoms with Crippen molar-refractivity contribution in [3.63, 3.8) is 0 Å². The summed E-state index contributed by atoms with van der Waals surface area (Å²) in [6.07, 6.45) is -3.80. The molecule has 2 aromatic carbocycles. The van der Waals surface area contributed by atoms with E-state index in [1.807, 2.05) is 0 Å². The third kappa shape index (κ3) is 5.84. The van der Waals surface area contributed by atoms with Gasteiger partial charge in [0.1, 0.15) is 17.3 Å². The molecule has 3 rings (SSSR count). The van der Waals surface area contributed by atoms with Crippen LogP contribution < -0.4 is 20.7 Å². The molecule has 172 valence electrons. The number of hydrogen-bond acceptors (Lipinski definition) is 5. The van der Waals surface area contributed by atoms with Gasteiger partial charge in [-0.25, -0.2) is 9.37 Å². The number of hydrogen-bond donors (Lipinski definition) is 4. The van der Waals surface area contributed by atoms with Crippen molar-refractivity contribution in [2.24, 2.45) is 0 Å². The topological polar surface area (TPSA) is 125 Å². The molecular weight excluding hydrogens is 450 g/mol. The van der Waals surface area contributed by atoms with Gasteiger partial charge in [0.15, 0.2) is 5.69 Å². The van der Waals surface area contributed by atoms with Crippen molar-refractivity contribution in [3.8, 4) is 5.75 Å². The summed E-state index contributed by atoms with van der Waals surface area (Å²) in [6, 6.07) is 7.77. The van der Waals surface area contributed by atoms with E-state index in [1.54, 1.807) is 0 Å². The quantitative estimate of drug-likeness (QED) is 0.416. The van der Waals surface area contributed by atoms with Gasteiger partial charge >= 0.3 is 6.36 Å². The first-order chi connectivity index (χ1) is 15.6. The molecule has 0 spiro atoms. The first-order valence-electron chi connectivity index (χ1n) is 9.11. The minimum Gasteiger partial charge on any atom is -0.406 e. The lowest BCUT2D eigenvalue weighted by molar-refractivity contribution is -0.274. The highest BCUT2D eigenvalue weighted by atomic mass is 19.4. The van der Waals surface area contributed by atoms with Crippen LogP contribution in [0.3, 0.4) is 0 Å². The van der Waals surface area contributed by atoms with Crippen LogP contribution in [0.2, 0.25) is 0 Å². The van der Waals surface area contributed by atoms with Crippen LogP contribution in [-0.4, -0.2) is 41.1 Å². The number of rotatable bonds is 6. The Kier molecular flexibility index (Phi) is 6.61. The number of amides is 3. The first kappa shape index (κ1) is 23.2. The molecule has 0 radical (unpaired) electrons. The standard InChI is InChI=1S/C20H15F4N5O4/c1-25-18(31)15-16(27-9-26-15)19(32)29-11-4-2-10(3-5-11)28-17(30)13-7-6-12(8-14(13)21)33-20(22,23)24/h2-9H,1H3,(H,25,31)(H,26,27)(H,28,30)(H,29,32). The molecule has 9 nitrogen and oxygen atoms in total. The predicted molar refractivity (Wildman–Crippen MR) is 107 cm³/mol. The van der Waals surface area contributed by atoms with Gasteiger partial charge in [-0.05, 0) is 36.4 Å². The lowest BCUT2D eigenvalue weighted by Gasteiger charge is -2.11. The van der Waals surface area contributed by atoms with Gasteiger partial charge in [0.2, 0.25) is 0 Å². The number of aromatic amines is 1. The summed E-state index contributed by atoms with van der Waals surface area (Å²) >= 11 is 0. The van der Waals surface area contributed by atoms with Gasteiger partial charge in [-0.1, -0.05) is 0 Å². The molecule has 0 aliphatic carbocycles. The molecule has 4 N–H and O–H groups in total. The highest BCUT2D eigenvalue weighted by Gasteiger charge is 2.31. The number of benzene rings is 2. The Balaban J connectivity index is 1.65. The van der Waals surface area contributed by atoms with Crippen molar-refractivity contribution >= 4 is 29.1 Å². The van der Waals surface area contributed by atoms with Gasteiger partial charge in [0.05, 0.1) is 11.9 Å². The second-order valence-electron chi connectivity index (χ2n) is 6.38. The largest absolute Gasteiger partial charge is 0.573 e. The maximum Gasteiger partial charge on any atom is 0.573 e. The maximum atomic E-state index is 14.0. The summed E-state index contributed by atoms with van der Waals surface area (Å²) in [5, 5.41) is 7.28. The van der Waals surface area contributed by atoms with Crippen molar-refractivity contribution in [1.29, 1.82) is 0 Å². The number of anilines is 2. The van der Waals surface area contributed by atoms with E-state index in [1.165, 1.54) is 37.6 Å². The Bertz CT molecular complexity index is 1190. The fourth-order valence-electron chi connectivity index (χ4n) is 2.67. The molecule has 0 aliphatic heterocycles. The van der Waals surface area contributed by atoms with Gasteiger partial charge in [0.25, 0.3) is 17.7 Å². The van der Waals surface area contributed by atoms with Crippen molar-refractivity contribution in [2.75, 3.05) is 17.7 Å². The first-order valence-corrected chi connectivity index (χ1v) is 9.11. The number of ether oxygens (including phenoxy) is 1. The summed E-state index contributed by atoms with van der Waals surface area (Å²) in [5.74, 6) is -4.09. The number of alkyl halides is 3. The van der Waals surface area contributed by atoms with E-state index in [0.717, 1.165) is 12.1 Å². The molecule has 0 atom stereocenters. The molecule has 0 fully saturated rings. The molecule has 0 bridgehead atoms. The highest BCUT2D eigenvalue weighted by molar-refractivity contribution is 6.10. The molecule has 33 heavy (non-hydrogen) atoms. The van der Waals surface area contributed by atoms with Gasteiger partial charge in [0, 0.05) is 24.5 Å². The number of H-pyrrole nitrogens is 1. The van der Waals surface area contributed by atoms with Gasteiger partial charge in [-0.3, -0.25) is 14.4 Å². The van der Waals surface area contributed by atoms with Crippen molar-refractivity contribution in [2.45, 2.75) is 6.36 Å². The van der Waals surface area contributed by atoms with E-state index in [2.05, 4.69) is 30.7 Å². The Morgan fingerprint density at radius 1 is 0.939 bits per heavy atom. The van der Waals surface area contributed by atoms with Crippen LogP contribution in [0.25, 0.3) is 0 Å². The second kappa shape index (κ2) is 9.38. The van der Waals surface area contributed by atoms with Crippen LogP contribution in [-0.2, 0) is 0 Å². The van der Waals surface area contributed by atoms with Gasteiger partial charge < -0.3 is 25.7 Å². The van der Waals surface area contributed by atoms with Crippen molar-refractivity contribution in [1.82, 2.24) is 15.3 Å². The number of nitrogens with zero attached hydrogens (tertiary/aromatic N) is 1. The van der Waals surface area contributed by atoms with Crippen LogP contribution in [0.5, 0.6) is 5.75 Å². The van der Waals surface area contributed by atoms with E-state index in [4.69, 9.17) is 0 Å². The Hall–Kier alpha value is -4.42. The average Bonchev–Trinajstić information content (AvgIpc) is 3.23. The van der Waals surface area contributed by atoms with E-state index in [0.29, 0.717) is 11.8 Å². The highest BCUT2D eigenvalue weighted by Crippen LogP contribution is 2.25. The zero-order chi connectivity index (χ0) is 24.2. The van der Waals surface area contributed by atoms with Gasteiger partial charge in [-0.2, -0.15) is 0 Å². The molecule has 0 unspecified atom stereocenters. The smallest absolute Gasteiger partial charge is 0.406 e. The van der Waals surface area contributed by atoms with Crippen LogP contribution in [0.4, 0.5) is 28.9 Å². The van der Waals surface area contributed by atoms with Gasteiger partial charge in [-0.15, -0.1) is 13.2 Å². The van der Waals surface area contributed by atoms with E-state index >= 15 is 0 Å². The third-order valence-electron chi connectivity index (χ3n) is 4.13. The zero-order valence-corrected chi connectivity index (χ0v) is 16.7. The Morgan fingerprint density at radius 3 is 2.09 bits per heavy atom. The van der Waals surface area contributed by atoms with E-state index in [-0.39, 0.29) is 17.1 Å². The summed E-state index contributed by atoms with van der Waals surface area (Å²) in [4.78, 5) is 42.7. The predicted octanol–water partition coefficient (Wildman–Crippen LogP) is 3.31. The molecule has 1 heterocycles. The second-order valence-corrected chi connectivity index (χ2v) is 6.38. The summed E-state index contributed by atoms with van der Waals surface area (Å²) < 4.78 is 54.3. The molecule has 3 amide bonds. The summed E-state index contributed by atoms with van der Waals surface area (Å²) in [5.41, 5.74) is -0.114. The Labute approximate surface area is 183 Å². The fraction of sp³-hybridized carbons (Fsp3) is 0.100. The minimum atomic E-state index is -4.99. The average molecular weight is 465 g/mol. The molecule has 13 heteroatoms. The van der Waals surface area contributed by atoms with E-state index < -0.39 is 41.2 Å². The van der Waals surface area contributed by atoms with Crippen LogP contribution in [0.15, 0.2) is 48.8 Å². The number of aromatic nitrogens is 2. The van der Waals surface area contributed by atoms with Crippen LogP contribution >= 0.6 is 0 Å². The number of nitrogens with one attached hydrogen (secondary N) is 4. The Morgan fingerprint density at radius 2 is 1.55 bits per heavy atom. The fourth-order valence-corrected chi connectivity index (χ4v) is 2.67. The summed E-state index contributed by atoms with van der Waals surface area (Å²) in [6.45, 7) is 0. The summed E-state index contributed by atoms with van der Waals surface area (Å²) in [7, 11) is 1.40. The number of carbonyl (C=O) groups is 3. The number of imidazole rings is 1. The monoisotopic (exact) mass is 465 g/mol. The number of halogens is 4. The van der Waals surface area contributed by atoms with Crippen LogP contribution in [0, 0.1) is 5.82 Å². The van der Waals surface area contributed by atoms with E-state index in [9.17, 15) is 31.9 Å². The zero-order valence-electron chi connectivity index (χ0n) is 16.7. The number of carbonyl (C=O) groups excluding carboxylic acids is 3. The molecule has 0 aliphatic rings.